The molecule has 3 aliphatic rings. The van der Waals surface area contributed by atoms with Crippen molar-refractivity contribution in [1.29, 1.82) is 0 Å². The molecule has 1 saturated heterocycles. The van der Waals surface area contributed by atoms with Crippen LogP contribution in [0.3, 0.4) is 0 Å². The first kappa shape index (κ1) is 23.0. The number of fused-ring (bicyclic) bond motifs is 1. The lowest BCUT2D eigenvalue weighted by Crippen LogP contribution is -2.40. The van der Waals surface area contributed by atoms with E-state index in [-0.39, 0.29) is 17.7 Å². The Morgan fingerprint density at radius 3 is 2.44 bits per heavy atom. The van der Waals surface area contributed by atoms with E-state index in [1.807, 2.05) is 6.07 Å². The van der Waals surface area contributed by atoms with Crippen LogP contribution in [0.15, 0.2) is 54.6 Å². The van der Waals surface area contributed by atoms with Gasteiger partial charge in [-0.15, -0.1) is 0 Å². The van der Waals surface area contributed by atoms with Crippen LogP contribution in [-0.4, -0.2) is 53.8 Å². The number of nitrogens with zero attached hydrogens (tertiary/aromatic N) is 2. The number of hydrogen-bond acceptors (Lipinski definition) is 4. The third-order valence-electron chi connectivity index (χ3n) is 7.42. The topological polar surface area (TPSA) is 49.9 Å². The van der Waals surface area contributed by atoms with Crippen LogP contribution >= 0.6 is 0 Å². The molecule has 1 amide bonds. The number of amides is 1. The Balaban J connectivity index is 1.19. The molecule has 5 rings (SSSR count). The van der Waals surface area contributed by atoms with Gasteiger partial charge in [-0.1, -0.05) is 48.6 Å². The van der Waals surface area contributed by atoms with Gasteiger partial charge >= 0.3 is 0 Å². The summed E-state index contributed by atoms with van der Waals surface area (Å²) in [5.41, 5.74) is 6.72. The standard InChI is InChI=1S/C29H34N2O3/c1-21-3-2-4-27(28(32)17-21)31-20-25-18-23(11-12-26(25)29(31)33)8-5-22-6-9-24(10-7-22)19-30-13-15-34-16-14-30/h6-7,9-12,18,27H,1-5,8,13-17,19-20H2/t27-/m0/s1. The van der Waals surface area contributed by atoms with Gasteiger partial charge < -0.3 is 9.64 Å². The number of carbonyl (C=O) groups excluding carboxylic acids is 2. The van der Waals surface area contributed by atoms with Crippen molar-refractivity contribution in [3.8, 4) is 0 Å². The zero-order chi connectivity index (χ0) is 23.5. The molecule has 2 aromatic carbocycles. The van der Waals surface area contributed by atoms with Crippen LogP contribution in [0.1, 0.15) is 58.3 Å². The smallest absolute Gasteiger partial charge is 0.255 e. The maximum Gasteiger partial charge on any atom is 0.255 e. The van der Waals surface area contributed by atoms with E-state index in [2.05, 4.69) is 47.9 Å². The second-order valence-electron chi connectivity index (χ2n) is 9.93. The molecule has 2 fully saturated rings. The lowest BCUT2D eigenvalue weighted by Gasteiger charge is -2.26. The van der Waals surface area contributed by atoms with Gasteiger partial charge in [-0.05, 0) is 60.4 Å². The van der Waals surface area contributed by atoms with E-state index in [1.165, 1.54) is 16.7 Å². The molecule has 0 unspecified atom stereocenters. The van der Waals surface area contributed by atoms with Crippen molar-refractivity contribution < 1.29 is 14.3 Å². The van der Waals surface area contributed by atoms with E-state index in [4.69, 9.17) is 4.74 Å². The molecule has 5 nitrogen and oxygen atoms in total. The molecular formula is C29H34N2O3. The van der Waals surface area contributed by atoms with Crippen molar-refractivity contribution in [2.24, 2.45) is 0 Å². The van der Waals surface area contributed by atoms with Crippen LogP contribution in [0.2, 0.25) is 0 Å². The predicted molar refractivity (Wildman–Crippen MR) is 133 cm³/mol. The molecule has 5 heteroatoms. The van der Waals surface area contributed by atoms with Crippen molar-refractivity contribution in [2.75, 3.05) is 26.3 Å². The van der Waals surface area contributed by atoms with Crippen molar-refractivity contribution >= 4 is 11.7 Å². The molecule has 2 heterocycles. The van der Waals surface area contributed by atoms with E-state index in [0.717, 1.165) is 81.7 Å². The number of aryl methyl sites for hydroxylation is 2. The highest BCUT2D eigenvalue weighted by atomic mass is 16.5. The molecule has 34 heavy (non-hydrogen) atoms. The molecule has 2 aliphatic heterocycles. The number of rotatable bonds is 6. The molecule has 0 spiro atoms. The number of hydrogen-bond donors (Lipinski definition) is 0. The Kier molecular flexibility index (Phi) is 6.93. The fourth-order valence-electron chi connectivity index (χ4n) is 5.41. The number of ether oxygens (including phenoxy) is 1. The monoisotopic (exact) mass is 458 g/mol. The minimum atomic E-state index is -0.307. The highest BCUT2D eigenvalue weighted by Crippen LogP contribution is 2.31. The summed E-state index contributed by atoms with van der Waals surface area (Å²) in [5.74, 6) is 0.143. The number of morpholine rings is 1. The van der Waals surface area contributed by atoms with Crippen LogP contribution in [0, 0.1) is 0 Å². The summed E-state index contributed by atoms with van der Waals surface area (Å²) in [6, 6.07) is 14.8. The van der Waals surface area contributed by atoms with Gasteiger partial charge in [0.15, 0.2) is 5.78 Å². The molecule has 1 aliphatic carbocycles. The SMILES string of the molecule is C=C1CCC[C@H](N2Cc3cc(CCc4ccc(CN5CCOCC5)cc4)ccc3C2=O)C(=O)C1. The van der Waals surface area contributed by atoms with E-state index in [1.54, 1.807) is 4.90 Å². The first-order valence-electron chi connectivity index (χ1n) is 12.6. The van der Waals surface area contributed by atoms with Crippen LogP contribution in [-0.2, 0) is 35.5 Å². The average molecular weight is 459 g/mol. The maximum absolute atomic E-state index is 13.0. The summed E-state index contributed by atoms with van der Waals surface area (Å²) >= 11 is 0. The molecule has 178 valence electrons. The molecule has 0 radical (unpaired) electrons. The van der Waals surface area contributed by atoms with Gasteiger partial charge in [0.05, 0.1) is 19.3 Å². The normalized spacial score (nSPS) is 21.6. The lowest BCUT2D eigenvalue weighted by atomic mass is 10.00. The van der Waals surface area contributed by atoms with Gasteiger partial charge in [0.25, 0.3) is 5.91 Å². The Bertz CT molecular complexity index is 1070. The minimum Gasteiger partial charge on any atom is -0.379 e. The third-order valence-corrected chi connectivity index (χ3v) is 7.42. The molecule has 1 atom stereocenters. The summed E-state index contributed by atoms with van der Waals surface area (Å²) in [6.07, 6.45) is 4.86. The number of ketones is 1. The first-order valence-corrected chi connectivity index (χ1v) is 12.6. The number of Topliss-reactive ketones (excluding diaryl/α,β-unsaturated/α-hetero) is 1. The first-order chi connectivity index (χ1) is 16.6. The molecule has 0 N–H and O–H groups in total. The minimum absolute atomic E-state index is 0.00303. The van der Waals surface area contributed by atoms with Crippen LogP contribution < -0.4 is 0 Å². The van der Waals surface area contributed by atoms with Crippen molar-refractivity contribution in [2.45, 2.75) is 57.7 Å². The molecule has 1 saturated carbocycles. The van der Waals surface area contributed by atoms with Crippen LogP contribution in [0.4, 0.5) is 0 Å². The predicted octanol–water partition coefficient (Wildman–Crippen LogP) is 4.33. The second kappa shape index (κ2) is 10.2. The summed E-state index contributed by atoms with van der Waals surface area (Å²) < 4.78 is 5.43. The fraction of sp³-hybridized carbons (Fsp3) is 0.448. The van der Waals surface area contributed by atoms with Gasteiger partial charge in [0.2, 0.25) is 0 Å². The highest BCUT2D eigenvalue weighted by molar-refractivity contribution is 6.01. The maximum atomic E-state index is 13.0. The molecule has 2 aromatic rings. The van der Waals surface area contributed by atoms with Crippen LogP contribution in [0.25, 0.3) is 0 Å². The fourth-order valence-corrected chi connectivity index (χ4v) is 5.41. The zero-order valence-electron chi connectivity index (χ0n) is 19.9. The molecule has 0 bridgehead atoms. The van der Waals surface area contributed by atoms with E-state index < -0.39 is 0 Å². The van der Waals surface area contributed by atoms with Crippen molar-refractivity contribution in [3.63, 3.8) is 0 Å². The lowest BCUT2D eigenvalue weighted by molar-refractivity contribution is -0.122. The molecule has 0 aromatic heterocycles. The third kappa shape index (κ3) is 5.16. The Hall–Kier alpha value is -2.76. The van der Waals surface area contributed by atoms with E-state index >= 15 is 0 Å². The largest absolute Gasteiger partial charge is 0.379 e. The Morgan fingerprint density at radius 2 is 1.65 bits per heavy atom. The van der Waals surface area contributed by atoms with Gasteiger partial charge in [0.1, 0.15) is 0 Å². The van der Waals surface area contributed by atoms with Gasteiger partial charge in [-0.3, -0.25) is 14.5 Å². The van der Waals surface area contributed by atoms with Crippen molar-refractivity contribution in [3.05, 3.63) is 82.4 Å². The van der Waals surface area contributed by atoms with Gasteiger partial charge in [0, 0.05) is 38.2 Å². The summed E-state index contributed by atoms with van der Waals surface area (Å²) in [5, 5.41) is 0. The number of benzene rings is 2. The Labute approximate surface area is 202 Å². The second-order valence-corrected chi connectivity index (χ2v) is 9.93. The van der Waals surface area contributed by atoms with Crippen LogP contribution in [0.5, 0.6) is 0 Å². The number of carbonyl (C=O) groups is 2. The van der Waals surface area contributed by atoms with Crippen molar-refractivity contribution in [1.82, 2.24) is 9.80 Å². The van der Waals surface area contributed by atoms with E-state index in [9.17, 15) is 9.59 Å². The quantitative estimate of drug-likeness (QED) is 0.478. The summed E-state index contributed by atoms with van der Waals surface area (Å²) in [4.78, 5) is 30.0. The van der Waals surface area contributed by atoms with Gasteiger partial charge in [-0.25, -0.2) is 0 Å². The molecular weight excluding hydrogens is 424 g/mol. The summed E-state index contributed by atoms with van der Waals surface area (Å²) in [7, 11) is 0. The highest BCUT2D eigenvalue weighted by Gasteiger charge is 2.36. The van der Waals surface area contributed by atoms with Gasteiger partial charge in [-0.2, -0.15) is 0 Å². The zero-order valence-corrected chi connectivity index (χ0v) is 19.9. The Morgan fingerprint density at radius 1 is 0.941 bits per heavy atom. The van der Waals surface area contributed by atoms with E-state index in [0.29, 0.717) is 13.0 Å². The average Bonchev–Trinajstić information content (AvgIpc) is 3.06. The summed E-state index contributed by atoms with van der Waals surface area (Å²) in [6.45, 7) is 9.19. The number of allylic oxidation sites excluding steroid dienone is 1.